The van der Waals surface area contributed by atoms with Crippen LogP contribution in [-0.2, 0) is 17.7 Å². The lowest BCUT2D eigenvalue weighted by Crippen LogP contribution is -2.24. The van der Waals surface area contributed by atoms with Crippen LogP contribution >= 0.6 is 0 Å². The van der Waals surface area contributed by atoms with Crippen molar-refractivity contribution in [3.05, 3.63) is 59.3 Å². The third kappa shape index (κ3) is 4.37. The molecule has 6 heteroatoms. The van der Waals surface area contributed by atoms with E-state index in [4.69, 9.17) is 14.2 Å². The van der Waals surface area contributed by atoms with E-state index in [0.29, 0.717) is 50.3 Å². The van der Waals surface area contributed by atoms with Crippen molar-refractivity contribution in [3.63, 3.8) is 0 Å². The van der Waals surface area contributed by atoms with Crippen molar-refractivity contribution in [1.82, 2.24) is 9.78 Å². The standard InChI is InChI=1S/C26H30N2O4/c1-3-30-9-8-22-15-28-26(32-22)14-23(27-28)24(29)12-18-11-21-13-20(6-7-25(21)31-16-18)19-5-4-17(2)10-19/h4-7,10,13-14,17-18,22H,3,8-9,11-12,15-16H2,1-2H3. The SMILES string of the molecule is CCOCCC1Cn2nc(C(=O)CC3COc4ccc(C5=CC(C)C=C5)cc4C3)cc2O1. The van der Waals surface area contributed by atoms with Gasteiger partial charge in [0.2, 0.25) is 5.88 Å². The van der Waals surface area contributed by atoms with Crippen molar-refractivity contribution < 1.29 is 19.0 Å². The van der Waals surface area contributed by atoms with E-state index >= 15 is 0 Å². The molecular weight excluding hydrogens is 404 g/mol. The van der Waals surface area contributed by atoms with Crippen LogP contribution in [0.1, 0.15) is 48.3 Å². The largest absolute Gasteiger partial charge is 0.493 e. The summed E-state index contributed by atoms with van der Waals surface area (Å²) in [4.78, 5) is 12.9. The Bertz CT molecular complexity index is 1040. The molecule has 3 atom stereocenters. The molecule has 0 spiro atoms. The zero-order valence-corrected chi connectivity index (χ0v) is 18.8. The average Bonchev–Trinajstić information content (AvgIpc) is 3.48. The molecule has 1 aliphatic carbocycles. The molecule has 2 aliphatic heterocycles. The smallest absolute Gasteiger partial charge is 0.212 e. The lowest BCUT2D eigenvalue weighted by Gasteiger charge is -2.25. The molecule has 5 rings (SSSR count). The van der Waals surface area contributed by atoms with E-state index in [9.17, 15) is 4.79 Å². The summed E-state index contributed by atoms with van der Waals surface area (Å²) in [6.45, 7) is 6.78. The maximum Gasteiger partial charge on any atom is 0.212 e. The number of carbonyl (C=O) groups excluding carboxylic acids is 1. The number of nitrogens with zero attached hydrogens (tertiary/aromatic N) is 2. The number of benzene rings is 1. The van der Waals surface area contributed by atoms with Gasteiger partial charge in [0.1, 0.15) is 17.5 Å². The first kappa shape index (κ1) is 21.0. The van der Waals surface area contributed by atoms with Crippen LogP contribution in [0.2, 0.25) is 0 Å². The fraction of sp³-hybridized carbons (Fsp3) is 0.462. The van der Waals surface area contributed by atoms with Gasteiger partial charge >= 0.3 is 0 Å². The predicted molar refractivity (Wildman–Crippen MR) is 122 cm³/mol. The summed E-state index contributed by atoms with van der Waals surface area (Å²) in [6.07, 6.45) is 8.82. The minimum Gasteiger partial charge on any atom is -0.493 e. The van der Waals surface area contributed by atoms with Gasteiger partial charge in [-0.3, -0.25) is 4.79 Å². The minimum absolute atomic E-state index is 0.0461. The maximum atomic E-state index is 12.9. The molecule has 0 radical (unpaired) electrons. The summed E-state index contributed by atoms with van der Waals surface area (Å²) in [5.74, 6) is 2.28. The van der Waals surface area contributed by atoms with Gasteiger partial charge in [-0.1, -0.05) is 31.2 Å². The molecule has 3 heterocycles. The highest BCUT2D eigenvalue weighted by Gasteiger charge is 2.29. The van der Waals surface area contributed by atoms with Crippen LogP contribution in [0.15, 0.2) is 42.5 Å². The minimum atomic E-state index is 0.0461. The molecule has 0 bridgehead atoms. The molecule has 168 valence electrons. The second-order valence-corrected chi connectivity index (χ2v) is 8.95. The molecule has 1 aromatic heterocycles. The van der Waals surface area contributed by atoms with Crippen LogP contribution in [0, 0.1) is 11.8 Å². The Kier molecular flexibility index (Phi) is 5.87. The third-order valence-corrected chi connectivity index (χ3v) is 6.35. The third-order valence-electron chi connectivity index (χ3n) is 6.35. The van der Waals surface area contributed by atoms with Crippen molar-refractivity contribution in [2.24, 2.45) is 11.8 Å². The fourth-order valence-corrected chi connectivity index (χ4v) is 4.65. The lowest BCUT2D eigenvalue weighted by molar-refractivity contribution is 0.0925. The highest BCUT2D eigenvalue weighted by atomic mass is 16.5. The van der Waals surface area contributed by atoms with Crippen LogP contribution in [0.3, 0.4) is 0 Å². The molecule has 0 N–H and O–H groups in total. The van der Waals surface area contributed by atoms with Gasteiger partial charge in [0.05, 0.1) is 19.8 Å². The first-order valence-electron chi connectivity index (χ1n) is 11.6. The van der Waals surface area contributed by atoms with E-state index in [0.717, 1.165) is 18.6 Å². The highest BCUT2D eigenvalue weighted by Crippen LogP contribution is 2.34. The second-order valence-electron chi connectivity index (χ2n) is 8.95. The van der Waals surface area contributed by atoms with Gasteiger partial charge < -0.3 is 14.2 Å². The van der Waals surface area contributed by atoms with Crippen LogP contribution in [0.25, 0.3) is 5.57 Å². The van der Waals surface area contributed by atoms with Gasteiger partial charge in [-0.2, -0.15) is 5.10 Å². The Morgan fingerprint density at radius 2 is 2.22 bits per heavy atom. The normalized spacial score (nSPS) is 23.3. The number of allylic oxidation sites excluding steroid dienone is 4. The number of fused-ring (bicyclic) bond motifs is 2. The molecule has 1 aromatic carbocycles. The lowest BCUT2D eigenvalue weighted by atomic mass is 9.90. The molecule has 2 aromatic rings. The van der Waals surface area contributed by atoms with Crippen molar-refractivity contribution >= 4 is 11.4 Å². The first-order chi connectivity index (χ1) is 15.6. The Morgan fingerprint density at radius 1 is 1.31 bits per heavy atom. The molecular formula is C26H30N2O4. The van der Waals surface area contributed by atoms with Crippen molar-refractivity contribution in [3.8, 4) is 11.6 Å². The van der Waals surface area contributed by atoms with E-state index < -0.39 is 0 Å². The number of carbonyl (C=O) groups is 1. The van der Waals surface area contributed by atoms with Crippen LogP contribution in [0.5, 0.6) is 11.6 Å². The Balaban J connectivity index is 1.20. The van der Waals surface area contributed by atoms with Gasteiger partial charge in [0, 0.05) is 31.4 Å². The number of hydrogen-bond acceptors (Lipinski definition) is 5. The maximum absolute atomic E-state index is 12.9. The van der Waals surface area contributed by atoms with Crippen LogP contribution in [0.4, 0.5) is 0 Å². The fourth-order valence-electron chi connectivity index (χ4n) is 4.65. The topological polar surface area (TPSA) is 62.6 Å². The summed E-state index contributed by atoms with van der Waals surface area (Å²) in [7, 11) is 0. The molecule has 0 saturated carbocycles. The van der Waals surface area contributed by atoms with E-state index in [1.54, 1.807) is 10.7 Å². The zero-order chi connectivity index (χ0) is 22.1. The van der Waals surface area contributed by atoms with Crippen molar-refractivity contribution in [2.75, 3.05) is 19.8 Å². The summed E-state index contributed by atoms with van der Waals surface area (Å²) >= 11 is 0. The quantitative estimate of drug-likeness (QED) is 0.453. The number of hydrogen-bond donors (Lipinski definition) is 0. The summed E-state index contributed by atoms with van der Waals surface area (Å²) < 4.78 is 19.1. The first-order valence-corrected chi connectivity index (χ1v) is 11.6. The number of ether oxygens (including phenoxy) is 3. The van der Waals surface area contributed by atoms with Gasteiger partial charge in [-0.25, -0.2) is 4.68 Å². The molecule has 0 fully saturated rings. The predicted octanol–water partition coefficient (Wildman–Crippen LogP) is 4.48. The summed E-state index contributed by atoms with van der Waals surface area (Å²) in [5, 5.41) is 4.50. The number of rotatable bonds is 8. The molecule has 3 unspecified atom stereocenters. The summed E-state index contributed by atoms with van der Waals surface area (Å²) in [6, 6.07) is 8.16. The molecule has 0 amide bonds. The summed E-state index contributed by atoms with van der Waals surface area (Å²) in [5.41, 5.74) is 4.12. The molecule has 6 nitrogen and oxygen atoms in total. The Morgan fingerprint density at radius 3 is 3.00 bits per heavy atom. The van der Waals surface area contributed by atoms with Crippen molar-refractivity contribution in [1.29, 1.82) is 0 Å². The van der Waals surface area contributed by atoms with Gasteiger partial charge in [-0.05, 0) is 48.1 Å². The van der Waals surface area contributed by atoms with E-state index in [-0.39, 0.29) is 17.8 Å². The average molecular weight is 435 g/mol. The van der Waals surface area contributed by atoms with Crippen molar-refractivity contribution in [2.45, 2.75) is 45.8 Å². The van der Waals surface area contributed by atoms with E-state index in [2.05, 4.69) is 48.4 Å². The van der Waals surface area contributed by atoms with Crippen LogP contribution in [-0.4, -0.2) is 41.5 Å². The zero-order valence-electron chi connectivity index (χ0n) is 18.8. The highest BCUT2D eigenvalue weighted by molar-refractivity contribution is 5.94. The number of Topliss-reactive ketones (excluding diaryl/α,β-unsaturated/α-hetero) is 1. The number of aromatic nitrogens is 2. The Labute approximate surface area is 188 Å². The van der Waals surface area contributed by atoms with Gasteiger partial charge in [-0.15, -0.1) is 0 Å². The van der Waals surface area contributed by atoms with E-state index in [1.807, 2.05) is 6.92 Å². The van der Waals surface area contributed by atoms with Crippen LogP contribution < -0.4 is 9.47 Å². The van der Waals surface area contributed by atoms with Gasteiger partial charge in [0.25, 0.3) is 0 Å². The molecule has 32 heavy (non-hydrogen) atoms. The van der Waals surface area contributed by atoms with E-state index in [1.165, 1.54) is 16.7 Å². The number of ketones is 1. The van der Waals surface area contributed by atoms with Gasteiger partial charge in [0.15, 0.2) is 5.78 Å². The Hall–Kier alpha value is -2.86. The second kappa shape index (κ2) is 8.94. The molecule has 0 saturated heterocycles. The molecule has 3 aliphatic rings. The monoisotopic (exact) mass is 434 g/mol.